The van der Waals surface area contributed by atoms with Crippen LogP contribution in [0.2, 0.25) is 0 Å². The zero-order valence-corrected chi connectivity index (χ0v) is 9.55. The number of aliphatic carboxylic acids is 1. The van der Waals surface area contributed by atoms with Crippen molar-refractivity contribution >= 4 is 5.97 Å². The first kappa shape index (κ1) is 20.6. The lowest BCUT2D eigenvalue weighted by molar-refractivity contribution is -0.404. The molecule has 0 spiro atoms. The van der Waals surface area contributed by atoms with Crippen molar-refractivity contribution in [3.63, 3.8) is 0 Å². The van der Waals surface area contributed by atoms with Crippen molar-refractivity contribution < 1.29 is 62.6 Å². The Kier molecular flexibility index (Phi) is 5.00. The van der Waals surface area contributed by atoms with E-state index in [4.69, 9.17) is 5.11 Å². The fourth-order valence-corrected chi connectivity index (χ4v) is 1.13. The molecule has 0 aliphatic heterocycles. The summed E-state index contributed by atoms with van der Waals surface area (Å²) >= 11 is 0. The summed E-state index contributed by atoms with van der Waals surface area (Å²) in [5.41, 5.74) is -6.93. The summed E-state index contributed by atoms with van der Waals surface area (Å²) in [4.78, 5) is 6.88. The number of rotatable bonds is 4. The van der Waals surface area contributed by atoms with Crippen LogP contribution in [0.4, 0.5) is 52.7 Å². The third kappa shape index (κ3) is 3.67. The number of alkyl halides is 12. The summed E-state index contributed by atoms with van der Waals surface area (Å²) in [5, 5.41) is 7.87. The van der Waals surface area contributed by atoms with Crippen molar-refractivity contribution in [2.75, 3.05) is 6.54 Å². The Labute approximate surface area is 112 Å². The highest BCUT2D eigenvalue weighted by atomic mass is 19.4. The topological polar surface area (TPSA) is 40.5 Å². The van der Waals surface area contributed by atoms with Crippen molar-refractivity contribution in [2.45, 2.75) is 30.4 Å². The number of hydrogen-bond acceptors (Lipinski definition) is 2. The summed E-state index contributed by atoms with van der Waals surface area (Å²) < 4.78 is 148. The van der Waals surface area contributed by atoms with Crippen molar-refractivity contribution in [2.24, 2.45) is 0 Å². The molecule has 0 aliphatic rings. The van der Waals surface area contributed by atoms with E-state index >= 15 is 0 Å². The van der Waals surface area contributed by atoms with Crippen molar-refractivity contribution in [3.05, 3.63) is 0 Å². The van der Waals surface area contributed by atoms with Crippen molar-refractivity contribution in [1.82, 2.24) is 4.90 Å². The lowest BCUT2D eigenvalue weighted by Gasteiger charge is -2.39. The van der Waals surface area contributed by atoms with Gasteiger partial charge >= 0.3 is 36.3 Å². The first-order valence-electron chi connectivity index (χ1n) is 4.56. The van der Waals surface area contributed by atoms with Crippen LogP contribution in [0.25, 0.3) is 0 Å². The predicted molar refractivity (Wildman–Crippen MR) is 41.3 cm³/mol. The van der Waals surface area contributed by atoms with Gasteiger partial charge in [0.2, 0.25) is 0 Å². The minimum atomic E-state index is -7.14. The number of carboxylic acids is 1. The molecule has 3 nitrogen and oxygen atoms in total. The Balaban J connectivity index is 6.25. The molecule has 0 fully saturated rings. The molecule has 1 N–H and O–H groups in total. The second-order valence-corrected chi connectivity index (χ2v) is 3.67. The van der Waals surface area contributed by atoms with E-state index in [2.05, 4.69) is 0 Å². The first-order chi connectivity index (χ1) is 9.28. The summed E-state index contributed by atoms with van der Waals surface area (Å²) in [7, 11) is 0. The molecule has 0 bridgehead atoms. The molecule has 0 aliphatic carbocycles. The van der Waals surface area contributed by atoms with Crippen LogP contribution in [0.15, 0.2) is 0 Å². The van der Waals surface area contributed by atoms with Crippen LogP contribution in [0, 0.1) is 0 Å². The van der Waals surface area contributed by atoms with E-state index in [-0.39, 0.29) is 0 Å². The van der Waals surface area contributed by atoms with Crippen LogP contribution < -0.4 is 0 Å². The highest BCUT2D eigenvalue weighted by Gasteiger charge is 2.81. The Morgan fingerprint density at radius 3 is 1.36 bits per heavy atom. The van der Waals surface area contributed by atoms with Crippen LogP contribution in [0.5, 0.6) is 0 Å². The van der Waals surface area contributed by atoms with Crippen LogP contribution in [0.1, 0.15) is 0 Å². The van der Waals surface area contributed by atoms with Crippen LogP contribution in [-0.2, 0) is 4.79 Å². The molecule has 132 valence electrons. The molecule has 0 heterocycles. The van der Waals surface area contributed by atoms with Gasteiger partial charge in [-0.05, 0) is 0 Å². The summed E-state index contributed by atoms with van der Waals surface area (Å²) in [6.07, 6.45) is -20.1. The molecule has 0 aromatic rings. The molecule has 22 heavy (non-hydrogen) atoms. The normalized spacial score (nSPS) is 17.5. The molecule has 0 radical (unpaired) electrons. The summed E-state index contributed by atoms with van der Waals surface area (Å²) in [6, 6.07) is -7.13. The van der Waals surface area contributed by atoms with Gasteiger partial charge in [0.25, 0.3) is 0 Å². The molecule has 0 aromatic carbocycles. The van der Waals surface area contributed by atoms with Crippen LogP contribution in [0.3, 0.4) is 0 Å². The maximum atomic E-state index is 13.2. The van der Waals surface area contributed by atoms with Crippen molar-refractivity contribution in [1.29, 1.82) is 0 Å². The summed E-state index contributed by atoms with van der Waals surface area (Å²) in [5.74, 6) is -4.14. The van der Waals surface area contributed by atoms with Gasteiger partial charge in [0.1, 0.15) is 6.54 Å². The maximum absolute atomic E-state index is 13.2. The Bertz CT molecular complexity index is 423. The Hall–Kier alpha value is -1.41. The largest absolute Gasteiger partial charge is 0.478 e. The molecule has 0 saturated carbocycles. The molecule has 0 amide bonds. The van der Waals surface area contributed by atoms with Crippen LogP contribution >= 0.6 is 0 Å². The van der Waals surface area contributed by atoms with E-state index in [0.29, 0.717) is 0 Å². The fraction of sp³-hybridized carbons (Fsp3) is 0.857. The lowest BCUT2D eigenvalue weighted by atomic mass is 10.0. The smallest absolute Gasteiger partial charge is 0.465 e. The van der Waals surface area contributed by atoms with Gasteiger partial charge in [-0.2, -0.15) is 48.3 Å². The van der Waals surface area contributed by atoms with E-state index in [0.717, 1.165) is 0 Å². The first-order valence-corrected chi connectivity index (χ1v) is 4.56. The van der Waals surface area contributed by atoms with Gasteiger partial charge in [0.15, 0.2) is 0 Å². The number of carbonyl (C=O) groups is 1. The predicted octanol–water partition coefficient (Wildman–Crippen LogP) is 3.32. The number of halogens is 12. The van der Waals surface area contributed by atoms with Gasteiger partial charge in [-0.15, -0.1) is 4.90 Å². The van der Waals surface area contributed by atoms with Gasteiger partial charge in [0, 0.05) is 0 Å². The fourth-order valence-electron chi connectivity index (χ4n) is 1.13. The monoisotopic (exact) mass is 361 g/mol. The van der Waals surface area contributed by atoms with Crippen molar-refractivity contribution in [3.8, 4) is 0 Å². The van der Waals surface area contributed by atoms with Gasteiger partial charge in [0.05, 0.1) is 0 Å². The van der Waals surface area contributed by atoms with Gasteiger partial charge in [-0.3, -0.25) is 0 Å². The highest BCUT2D eigenvalue weighted by molar-refractivity contribution is 5.80. The van der Waals surface area contributed by atoms with Gasteiger partial charge in [-0.25, -0.2) is 9.18 Å². The average Bonchev–Trinajstić information content (AvgIpc) is 2.19. The molecule has 1 atom stereocenters. The number of carboxylic acid groups (broad SMARTS) is 1. The summed E-state index contributed by atoms with van der Waals surface area (Å²) in [6.45, 7) is -3.77. The van der Waals surface area contributed by atoms with E-state index in [9.17, 15) is 57.5 Å². The molecular weight excluding hydrogens is 358 g/mol. The third-order valence-corrected chi connectivity index (χ3v) is 2.08. The van der Waals surface area contributed by atoms with E-state index < -0.39 is 47.8 Å². The van der Waals surface area contributed by atoms with Gasteiger partial charge < -0.3 is 5.11 Å². The van der Waals surface area contributed by atoms with E-state index in [1.165, 1.54) is 0 Å². The zero-order valence-electron chi connectivity index (χ0n) is 9.55. The number of hydrogen-bond donors (Lipinski definition) is 1. The number of nitrogens with zero attached hydrogens (tertiary/aromatic N) is 1. The molecular formula is C7H3F12NO2. The van der Waals surface area contributed by atoms with E-state index in [1.54, 1.807) is 0 Å². The van der Waals surface area contributed by atoms with Crippen LogP contribution in [-0.4, -0.2) is 52.9 Å². The van der Waals surface area contributed by atoms with Gasteiger partial charge in [-0.1, -0.05) is 0 Å². The minimum Gasteiger partial charge on any atom is -0.478 e. The highest BCUT2D eigenvalue weighted by Crippen LogP contribution is 2.50. The Morgan fingerprint density at radius 2 is 1.18 bits per heavy atom. The standard InChI is InChI=1S/C7H3F12NO2/c8-3(9,10)1-20(7(17,18)19)6(15,16)4(11,2(21)22)5(12,13)14/h1H2,(H,21,22). The third-order valence-electron chi connectivity index (χ3n) is 2.08. The second kappa shape index (κ2) is 5.34. The second-order valence-electron chi connectivity index (χ2n) is 3.67. The minimum absolute atomic E-state index is 3.18. The zero-order chi connectivity index (χ0) is 18.4. The maximum Gasteiger partial charge on any atom is 0.465 e. The molecule has 1 unspecified atom stereocenters. The average molecular weight is 361 g/mol. The van der Waals surface area contributed by atoms with E-state index in [1.807, 2.05) is 0 Å². The quantitative estimate of drug-likeness (QED) is 0.617. The Morgan fingerprint density at radius 1 is 0.818 bits per heavy atom. The lowest BCUT2D eigenvalue weighted by Crippen LogP contribution is -2.70. The molecule has 0 aromatic heterocycles. The molecule has 15 heteroatoms. The molecule has 0 saturated heterocycles. The SMILES string of the molecule is O=C(O)C(F)(C(F)(F)F)C(F)(F)N(CC(F)(F)F)C(F)(F)F. The molecule has 0 rings (SSSR count).